The van der Waals surface area contributed by atoms with Crippen LogP contribution in [-0.2, 0) is 6.42 Å². The molecule has 104 valence electrons. The van der Waals surface area contributed by atoms with Crippen LogP contribution >= 0.6 is 11.3 Å². The molecule has 0 fully saturated rings. The van der Waals surface area contributed by atoms with Gasteiger partial charge in [0.2, 0.25) is 0 Å². The van der Waals surface area contributed by atoms with E-state index in [1.165, 1.54) is 10.4 Å². The Morgan fingerprint density at radius 1 is 1.40 bits per heavy atom. The minimum Gasteiger partial charge on any atom is -0.398 e. The summed E-state index contributed by atoms with van der Waals surface area (Å²) in [6.07, 6.45) is 0.939. The van der Waals surface area contributed by atoms with Crippen LogP contribution in [0.1, 0.15) is 39.3 Å². The molecule has 2 N–H and O–H groups in total. The second kappa shape index (κ2) is 4.94. The molecule has 0 saturated heterocycles. The van der Waals surface area contributed by atoms with Gasteiger partial charge in [0.25, 0.3) is 5.91 Å². The van der Waals surface area contributed by atoms with Crippen LogP contribution in [0, 0.1) is 6.92 Å². The van der Waals surface area contributed by atoms with Gasteiger partial charge in [-0.1, -0.05) is 12.1 Å². The van der Waals surface area contributed by atoms with Crippen LogP contribution in [0.15, 0.2) is 29.6 Å². The molecule has 0 spiro atoms. The van der Waals surface area contributed by atoms with Crippen LogP contribution in [0.4, 0.5) is 5.69 Å². The quantitative estimate of drug-likeness (QED) is 0.817. The van der Waals surface area contributed by atoms with E-state index in [0.29, 0.717) is 11.3 Å². The van der Waals surface area contributed by atoms with E-state index < -0.39 is 0 Å². The molecule has 1 aliphatic heterocycles. The highest BCUT2D eigenvalue weighted by molar-refractivity contribution is 7.10. The third-order valence-electron chi connectivity index (χ3n) is 4.06. The SMILES string of the molecule is Cc1cccc(N)c1C(=O)N1CCc2sccc2C1C. The van der Waals surface area contributed by atoms with Crippen molar-refractivity contribution < 1.29 is 4.79 Å². The Balaban J connectivity index is 1.96. The maximum Gasteiger partial charge on any atom is 0.256 e. The minimum atomic E-state index is 0.0463. The number of thiophene rings is 1. The smallest absolute Gasteiger partial charge is 0.256 e. The molecule has 1 unspecified atom stereocenters. The Labute approximate surface area is 123 Å². The van der Waals surface area contributed by atoms with Crippen molar-refractivity contribution in [3.63, 3.8) is 0 Å². The number of amides is 1. The fourth-order valence-electron chi connectivity index (χ4n) is 2.91. The number of fused-ring (bicyclic) bond motifs is 1. The van der Waals surface area contributed by atoms with Crippen molar-refractivity contribution in [2.24, 2.45) is 0 Å². The fraction of sp³-hybridized carbons (Fsp3) is 0.312. The van der Waals surface area contributed by atoms with Crippen molar-refractivity contribution in [1.29, 1.82) is 0 Å². The molecule has 1 aromatic heterocycles. The zero-order chi connectivity index (χ0) is 14.3. The van der Waals surface area contributed by atoms with E-state index in [0.717, 1.165) is 18.5 Å². The van der Waals surface area contributed by atoms with Crippen molar-refractivity contribution in [1.82, 2.24) is 4.90 Å². The van der Waals surface area contributed by atoms with Crippen molar-refractivity contribution >= 4 is 22.9 Å². The molecule has 1 amide bonds. The number of carbonyl (C=O) groups is 1. The molecule has 4 heteroatoms. The summed E-state index contributed by atoms with van der Waals surface area (Å²) in [5.74, 6) is 0.0463. The third-order valence-corrected chi connectivity index (χ3v) is 5.05. The molecule has 2 aromatic rings. The molecule has 2 heterocycles. The van der Waals surface area contributed by atoms with Crippen molar-refractivity contribution in [2.75, 3.05) is 12.3 Å². The van der Waals surface area contributed by atoms with Gasteiger partial charge in [-0.2, -0.15) is 0 Å². The maximum atomic E-state index is 12.8. The summed E-state index contributed by atoms with van der Waals surface area (Å²) in [6, 6.07) is 7.87. The molecule has 0 saturated carbocycles. The first kappa shape index (κ1) is 13.2. The van der Waals surface area contributed by atoms with Gasteiger partial charge in [-0.3, -0.25) is 4.79 Å². The Morgan fingerprint density at radius 3 is 2.95 bits per heavy atom. The zero-order valence-corrected chi connectivity index (χ0v) is 12.5. The van der Waals surface area contributed by atoms with Crippen molar-refractivity contribution in [3.8, 4) is 0 Å². The Bertz CT molecular complexity index is 642. The average molecular weight is 286 g/mol. The number of carbonyl (C=O) groups excluding carboxylic acids is 1. The van der Waals surface area contributed by atoms with E-state index in [2.05, 4.69) is 18.4 Å². The third kappa shape index (κ3) is 2.00. The Morgan fingerprint density at radius 2 is 2.20 bits per heavy atom. The van der Waals surface area contributed by atoms with Gasteiger partial charge in [-0.05, 0) is 48.9 Å². The first-order chi connectivity index (χ1) is 9.59. The lowest BCUT2D eigenvalue weighted by atomic mass is 9.98. The van der Waals surface area contributed by atoms with Gasteiger partial charge in [0.05, 0.1) is 11.6 Å². The minimum absolute atomic E-state index is 0.0463. The molecule has 0 bridgehead atoms. The number of rotatable bonds is 1. The number of hydrogen-bond donors (Lipinski definition) is 1. The van der Waals surface area contributed by atoms with E-state index >= 15 is 0 Å². The molecule has 20 heavy (non-hydrogen) atoms. The average Bonchev–Trinajstić information content (AvgIpc) is 2.88. The summed E-state index contributed by atoms with van der Waals surface area (Å²) in [4.78, 5) is 16.2. The summed E-state index contributed by atoms with van der Waals surface area (Å²) in [5, 5.41) is 2.11. The van der Waals surface area contributed by atoms with E-state index in [4.69, 9.17) is 5.73 Å². The van der Waals surface area contributed by atoms with Gasteiger partial charge in [0, 0.05) is 17.1 Å². The number of nitrogens with zero attached hydrogens (tertiary/aromatic N) is 1. The predicted octanol–water partition coefficient (Wildman–Crippen LogP) is 3.40. The molecular formula is C16H18N2OS. The first-order valence-electron chi connectivity index (χ1n) is 6.82. The molecule has 1 aromatic carbocycles. The lowest BCUT2D eigenvalue weighted by molar-refractivity contribution is 0.0680. The largest absolute Gasteiger partial charge is 0.398 e. The normalized spacial score (nSPS) is 17.9. The highest BCUT2D eigenvalue weighted by atomic mass is 32.1. The van der Waals surface area contributed by atoms with Gasteiger partial charge in [-0.25, -0.2) is 0 Å². The number of anilines is 1. The van der Waals surface area contributed by atoms with Crippen LogP contribution in [0.2, 0.25) is 0 Å². The lowest BCUT2D eigenvalue weighted by Gasteiger charge is -2.34. The van der Waals surface area contributed by atoms with Gasteiger partial charge in [0.15, 0.2) is 0 Å². The second-order valence-electron chi connectivity index (χ2n) is 5.26. The number of aryl methyl sites for hydroxylation is 1. The van der Waals surface area contributed by atoms with E-state index in [1.54, 1.807) is 17.4 Å². The van der Waals surface area contributed by atoms with Gasteiger partial charge < -0.3 is 10.6 Å². The van der Waals surface area contributed by atoms with Crippen molar-refractivity contribution in [3.05, 3.63) is 51.2 Å². The summed E-state index contributed by atoms with van der Waals surface area (Å²) in [7, 11) is 0. The van der Waals surface area contributed by atoms with Crippen LogP contribution in [0.25, 0.3) is 0 Å². The Kier molecular flexibility index (Phi) is 3.26. The van der Waals surface area contributed by atoms with Gasteiger partial charge in [-0.15, -0.1) is 11.3 Å². The number of nitrogens with two attached hydrogens (primary N) is 1. The summed E-state index contributed by atoms with van der Waals surface area (Å²) >= 11 is 1.78. The summed E-state index contributed by atoms with van der Waals surface area (Å²) in [6.45, 7) is 4.80. The number of hydrogen-bond acceptors (Lipinski definition) is 3. The van der Waals surface area contributed by atoms with Crippen LogP contribution in [0.5, 0.6) is 0 Å². The second-order valence-corrected chi connectivity index (χ2v) is 6.26. The number of nitrogen functional groups attached to an aromatic ring is 1. The molecule has 1 atom stereocenters. The lowest BCUT2D eigenvalue weighted by Crippen LogP contribution is -2.38. The monoisotopic (exact) mass is 286 g/mol. The van der Waals surface area contributed by atoms with Crippen LogP contribution in [-0.4, -0.2) is 17.4 Å². The topological polar surface area (TPSA) is 46.3 Å². The van der Waals surface area contributed by atoms with Crippen molar-refractivity contribution in [2.45, 2.75) is 26.3 Å². The van der Waals surface area contributed by atoms with Crippen LogP contribution < -0.4 is 5.73 Å². The number of benzene rings is 1. The van der Waals surface area contributed by atoms with Gasteiger partial charge >= 0.3 is 0 Å². The van der Waals surface area contributed by atoms with E-state index in [9.17, 15) is 4.79 Å². The molecule has 0 aliphatic carbocycles. The Hall–Kier alpha value is -1.81. The highest BCUT2D eigenvalue weighted by Crippen LogP contribution is 2.34. The molecule has 3 rings (SSSR count). The zero-order valence-electron chi connectivity index (χ0n) is 11.7. The maximum absolute atomic E-state index is 12.8. The fourth-order valence-corrected chi connectivity index (χ4v) is 3.88. The molecular weight excluding hydrogens is 268 g/mol. The van der Waals surface area contributed by atoms with Gasteiger partial charge in [0.1, 0.15) is 0 Å². The van der Waals surface area contributed by atoms with E-state index in [-0.39, 0.29) is 11.9 Å². The molecule has 3 nitrogen and oxygen atoms in total. The summed E-state index contributed by atoms with van der Waals surface area (Å²) in [5.41, 5.74) is 9.44. The first-order valence-corrected chi connectivity index (χ1v) is 7.70. The van der Waals surface area contributed by atoms with Crippen LogP contribution in [0.3, 0.4) is 0 Å². The molecule has 0 radical (unpaired) electrons. The van der Waals surface area contributed by atoms with E-state index in [1.807, 2.05) is 24.0 Å². The standard InChI is InChI=1S/C16H18N2OS/c1-10-4-3-5-13(17)15(10)16(19)18-8-6-14-12(11(18)2)7-9-20-14/h3-5,7,9,11H,6,8,17H2,1-2H3. The highest BCUT2D eigenvalue weighted by Gasteiger charge is 2.30. The molecule has 1 aliphatic rings. The summed E-state index contributed by atoms with van der Waals surface area (Å²) < 4.78 is 0. The predicted molar refractivity (Wildman–Crippen MR) is 83.1 cm³/mol.